The molecule has 1 unspecified atom stereocenters. The minimum absolute atomic E-state index is 0.0421. The van der Waals surface area contributed by atoms with E-state index in [-0.39, 0.29) is 11.5 Å². The predicted molar refractivity (Wildman–Crippen MR) is 75.2 cm³/mol. The first-order valence-corrected chi connectivity index (χ1v) is 6.51. The minimum atomic E-state index is 0.0421. The summed E-state index contributed by atoms with van der Waals surface area (Å²) in [4.78, 5) is 0. The van der Waals surface area contributed by atoms with Crippen LogP contribution in [0.4, 0.5) is 0 Å². The first kappa shape index (κ1) is 14.8. The molecule has 0 saturated carbocycles. The molecule has 2 nitrogen and oxygen atoms in total. The van der Waals surface area contributed by atoms with Crippen molar-refractivity contribution in [3.05, 3.63) is 33.8 Å². The molecule has 1 aromatic carbocycles. The van der Waals surface area contributed by atoms with Crippen molar-refractivity contribution in [3.8, 4) is 0 Å². The molecule has 0 amide bonds. The van der Waals surface area contributed by atoms with Gasteiger partial charge < -0.3 is 0 Å². The van der Waals surface area contributed by atoms with Crippen LogP contribution in [0.5, 0.6) is 0 Å². The maximum Gasteiger partial charge on any atom is 0.0640 e. The normalized spacial score (nSPS) is 13.8. The van der Waals surface area contributed by atoms with E-state index in [1.807, 2.05) is 12.1 Å². The second-order valence-electron chi connectivity index (χ2n) is 5.46. The van der Waals surface area contributed by atoms with E-state index in [1.54, 1.807) is 6.07 Å². The van der Waals surface area contributed by atoms with Crippen molar-refractivity contribution in [3.63, 3.8) is 0 Å². The summed E-state index contributed by atoms with van der Waals surface area (Å²) in [6, 6.07) is 5.68. The van der Waals surface area contributed by atoms with Gasteiger partial charge in [-0.25, -0.2) is 0 Å². The van der Waals surface area contributed by atoms with Crippen molar-refractivity contribution >= 4 is 23.2 Å². The van der Waals surface area contributed by atoms with Crippen LogP contribution >= 0.6 is 23.2 Å². The van der Waals surface area contributed by atoms with Crippen LogP contribution < -0.4 is 11.3 Å². The van der Waals surface area contributed by atoms with E-state index >= 15 is 0 Å². The zero-order valence-electron chi connectivity index (χ0n) is 10.6. The highest BCUT2D eigenvalue weighted by atomic mass is 35.5. The third-order valence-corrected chi connectivity index (χ3v) is 3.57. The third-order valence-electron chi connectivity index (χ3n) is 2.74. The summed E-state index contributed by atoms with van der Waals surface area (Å²) in [7, 11) is 0. The molecule has 0 aliphatic heterocycles. The van der Waals surface area contributed by atoms with E-state index in [9.17, 15) is 0 Å². The predicted octanol–water partition coefficient (Wildman–Crippen LogP) is 4.32. The Balaban J connectivity index is 2.83. The lowest BCUT2D eigenvalue weighted by molar-refractivity contribution is 0.333. The fourth-order valence-electron chi connectivity index (χ4n) is 1.70. The average Bonchev–Trinajstić information content (AvgIpc) is 2.23. The second kappa shape index (κ2) is 6.05. The first-order valence-electron chi connectivity index (χ1n) is 5.75. The van der Waals surface area contributed by atoms with Crippen LogP contribution in [0.25, 0.3) is 0 Å². The molecule has 96 valence electrons. The van der Waals surface area contributed by atoms with E-state index in [1.165, 1.54) is 0 Å². The lowest BCUT2D eigenvalue weighted by atomic mass is 9.87. The summed E-state index contributed by atoms with van der Waals surface area (Å²) in [6.45, 7) is 6.63. The molecule has 0 bridgehead atoms. The van der Waals surface area contributed by atoms with Crippen molar-refractivity contribution in [1.29, 1.82) is 0 Å². The Morgan fingerprint density at radius 1 is 1.29 bits per heavy atom. The van der Waals surface area contributed by atoms with Gasteiger partial charge in [0.05, 0.1) is 10.0 Å². The van der Waals surface area contributed by atoms with E-state index in [2.05, 4.69) is 26.2 Å². The van der Waals surface area contributed by atoms with Gasteiger partial charge in [0.2, 0.25) is 0 Å². The molecule has 17 heavy (non-hydrogen) atoms. The first-order chi connectivity index (χ1) is 7.85. The molecule has 0 heterocycles. The number of rotatable bonds is 4. The monoisotopic (exact) mass is 274 g/mol. The number of halogens is 2. The summed E-state index contributed by atoms with van der Waals surface area (Å²) in [5.41, 5.74) is 4.06. The van der Waals surface area contributed by atoms with Gasteiger partial charge in [-0.2, -0.15) is 0 Å². The highest BCUT2D eigenvalue weighted by Crippen LogP contribution is 2.33. The smallest absolute Gasteiger partial charge is 0.0640 e. The molecule has 4 heteroatoms. The lowest BCUT2D eigenvalue weighted by Crippen LogP contribution is -2.29. The second-order valence-corrected chi connectivity index (χ2v) is 6.25. The number of hydrogen-bond acceptors (Lipinski definition) is 2. The van der Waals surface area contributed by atoms with Crippen LogP contribution in [-0.2, 0) is 0 Å². The van der Waals surface area contributed by atoms with E-state index in [0.717, 1.165) is 18.4 Å². The van der Waals surface area contributed by atoms with Crippen molar-refractivity contribution in [2.24, 2.45) is 11.3 Å². The van der Waals surface area contributed by atoms with Crippen molar-refractivity contribution in [2.45, 2.75) is 39.7 Å². The third kappa shape index (κ3) is 4.47. The molecule has 0 aliphatic carbocycles. The summed E-state index contributed by atoms with van der Waals surface area (Å²) < 4.78 is 0. The van der Waals surface area contributed by atoms with Crippen LogP contribution in [0.3, 0.4) is 0 Å². The molecule has 1 aromatic rings. The average molecular weight is 275 g/mol. The van der Waals surface area contributed by atoms with Gasteiger partial charge in [-0.05, 0) is 29.9 Å². The van der Waals surface area contributed by atoms with Crippen LogP contribution in [0.15, 0.2) is 18.2 Å². The SMILES string of the molecule is CC(C)(C)CCC(NN)c1cccc(Cl)c1Cl. The number of nitrogens with one attached hydrogen (secondary N) is 1. The fourth-order valence-corrected chi connectivity index (χ4v) is 2.14. The molecule has 0 saturated heterocycles. The molecule has 0 aliphatic rings. The van der Waals surface area contributed by atoms with Gasteiger partial charge in [0.15, 0.2) is 0 Å². The number of hydrogen-bond donors (Lipinski definition) is 2. The summed E-state index contributed by atoms with van der Waals surface area (Å²) in [6.07, 6.45) is 1.99. The minimum Gasteiger partial charge on any atom is -0.271 e. The zero-order valence-corrected chi connectivity index (χ0v) is 12.1. The number of hydrazine groups is 1. The molecule has 0 spiro atoms. The zero-order chi connectivity index (χ0) is 13.1. The highest BCUT2D eigenvalue weighted by Gasteiger charge is 2.18. The highest BCUT2D eigenvalue weighted by molar-refractivity contribution is 6.42. The lowest BCUT2D eigenvalue weighted by Gasteiger charge is -2.23. The van der Waals surface area contributed by atoms with Crippen molar-refractivity contribution in [2.75, 3.05) is 0 Å². The molecular formula is C13H20Cl2N2. The Morgan fingerprint density at radius 2 is 1.94 bits per heavy atom. The van der Waals surface area contributed by atoms with Gasteiger partial charge in [0, 0.05) is 6.04 Å². The largest absolute Gasteiger partial charge is 0.271 e. The number of benzene rings is 1. The Kier molecular flexibility index (Phi) is 5.26. The Morgan fingerprint density at radius 3 is 2.47 bits per heavy atom. The Hall–Kier alpha value is -0.280. The van der Waals surface area contributed by atoms with Crippen molar-refractivity contribution in [1.82, 2.24) is 5.43 Å². The summed E-state index contributed by atoms with van der Waals surface area (Å²) >= 11 is 12.2. The van der Waals surface area contributed by atoms with Gasteiger partial charge in [0.1, 0.15) is 0 Å². The molecule has 3 N–H and O–H groups in total. The topological polar surface area (TPSA) is 38.0 Å². The molecule has 0 radical (unpaired) electrons. The van der Waals surface area contributed by atoms with Crippen LogP contribution in [-0.4, -0.2) is 0 Å². The van der Waals surface area contributed by atoms with Crippen molar-refractivity contribution < 1.29 is 0 Å². The quantitative estimate of drug-likeness (QED) is 0.634. The molecule has 1 rings (SSSR count). The van der Waals surface area contributed by atoms with Gasteiger partial charge in [-0.1, -0.05) is 56.1 Å². The van der Waals surface area contributed by atoms with Crippen LogP contribution in [0, 0.1) is 5.41 Å². The van der Waals surface area contributed by atoms with Gasteiger partial charge in [-0.15, -0.1) is 0 Å². The Bertz CT molecular complexity index is 372. The Labute approximate surface area is 113 Å². The standard InChI is InChI=1S/C13H20Cl2N2/c1-13(2,3)8-7-11(17-16)9-5-4-6-10(14)12(9)15/h4-6,11,17H,7-8,16H2,1-3H3. The van der Waals surface area contributed by atoms with Crippen LogP contribution in [0.2, 0.25) is 10.0 Å². The van der Waals surface area contributed by atoms with E-state index in [4.69, 9.17) is 29.0 Å². The van der Waals surface area contributed by atoms with Gasteiger partial charge >= 0.3 is 0 Å². The molecular weight excluding hydrogens is 255 g/mol. The molecule has 1 atom stereocenters. The van der Waals surface area contributed by atoms with E-state index < -0.39 is 0 Å². The fraction of sp³-hybridized carbons (Fsp3) is 0.538. The molecule has 0 fully saturated rings. The maximum atomic E-state index is 6.19. The molecule has 0 aromatic heterocycles. The van der Waals surface area contributed by atoms with Gasteiger partial charge in [0.25, 0.3) is 0 Å². The number of nitrogens with two attached hydrogens (primary N) is 1. The summed E-state index contributed by atoms with van der Waals surface area (Å²) in [5.74, 6) is 5.60. The van der Waals surface area contributed by atoms with E-state index in [0.29, 0.717) is 10.0 Å². The van der Waals surface area contributed by atoms with Gasteiger partial charge in [-0.3, -0.25) is 11.3 Å². The summed E-state index contributed by atoms with van der Waals surface area (Å²) in [5, 5.41) is 1.16. The van der Waals surface area contributed by atoms with Crippen LogP contribution in [0.1, 0.15) is 45.2 Å². The maximum absolute atomic E-state index is 6.19.